The number of nitrogens with zero attached hydrogens (tertiary/aromatic N) is 1. The topological polar surface area (TPSA) is 20.3 Å². The summed E-state index contributed by atoms with van der Waals surface area (Å²) in [7, 11) is 0. The van der Waals surface area contributed by atoms with Gasteiger partial charge in [-0.3, -0.25) is 4.79 Å². The number of rotatable bonds is 2. The molecule has 4 unspecified atom stereocenters. The maximum absolute atomic E-state index is 14.0. The van der Waals surface area contributed by atoms with E-state index in [2.05, 4.69) is 78.9 Å². The van der Waals surface area contributed by atoms with Crippen LogP contribution in [0.5, 0.6) is 0 Å². The number of benzene rings is 2. The highest BCUT2D eigenvalue weighted by molar-refractivity contribution is 9.10. The number of halogens is 1. The lowest BCUT2D eigenvalue weighted by atomic mass is 9.66. The molecule has 4 atom stereocenters. The van der Waals surface area contributed by atoms with Crippen LogP contribution >= 0.6 is 15.9 Å². The Morgan fingerprint density at radius 2 is 1.78 bits per heavy atom. The van der Waals surface area contributed by atoms with Gasteiger partial charge >= 0.3 is 0 Å². The molecule has 5 rings (SSSR count). The summed E-state index contributed by atoms with van der Waals surface area (Å²) in [5.41, 5.74) is 8.68. The zero-order valence-electron chi connectivity index (χ0n) is 20.0. The Labute approximate surface area is 201 Å². The molecular weight excluding hydrogens is 458 g/mol. The van der Waals surface area contributed by atoms with E-state index in [-0.39, 0.29) is 5.92 Å². The maximum atomic E-state index is 14.0. The Bertz CT molecular complexity index is 1040. The molecule has 1 amide bonds. The first-order valence-corrected chi connectivity index (χ1v) is 13.3. The Balaban J connectivity index is 1.46. The van der Waals surface area contributed by atoms with Crippen molar-refractivity contribution >= 4 is 21.8 Å². The fourth-order valence-electron chi connectivity index (χ4n) is 6.46. The predicted octanol–water partition coefficient (Wildman–Crippen LogP) is 6.71. The summed E-state index contributed by atoms with van der Waals surface area (Å²) in [6.45, 7) is 11.0. The van der Waals surface area contributed by atoms with Crippen molar-refractivity contribution in [3.8, 4) is 0 Å². The third-order valence-corrected chi connectivity index (χ3v) is 9.29. The molecule has 0 bridgehead atoms. The normalized spacial score (nSPS) is 27.0. The molecule has 2 aromatic rings. The highest BCUT2D eigenvalue weighted by Crippen LogP contribution is 2.45. The number of carbonyl (C=O) groups excluding carboxylic acids is 1. The smallest absolute Gasteiger partial charge is 0.230 e. The zero-order chi connectivity index (χ0) is 22.6. The van der Waals surface area contributed by atoms with Crippen molar-refractivity contribution in [2.45, 2.75) is 72.3 Å². The van der Waals surface area contributed by atoms with Crippen LogP contribution in [0.25, 0.3) is 0 Å². The molecule has 0 fully saturated rings. The molecule has 0 radical (unpaired) electrons. The van der Waals surface area contributed by atoms with Crippen LogP contribution in [0.2, 0.25) is 0 Å². The number of hydrogen-bond donors (Lipinski definition) is 0. The Hall–Kier alpha value is -1.61. The first-order chi connectivity index (χ1) is 15.3. The van der Waals surface area contributed by atoms with Gasteiger partial charge in [0.1, 0.15) is 0 Å². The fraction of sp³-hybridized carbons (Fsp3) is 0.552. The number of fused-ring (bicyclic) bond motifs is 4. The van der Waals surface area contributed by atoms with Crippen molar-refractivity contribution in [2.75, 3.05) is 6.54 Å². The minimum Gasteiger partial charge on any atom is -0.337 e. The van der Waals surface area contributed by atoms with E-state index in [9.17, 15) is 4.79 Å². The second-order valence-corrected chi connectivity index (χ2v) is 11.9. The van der Waals surface area contributed by atoms with Crippen molar-refractivity contribution in [1.82, 2.24) is 4.90 Å². The van der Waals surface area contributed by atoms with Crippen LogP contribution in [0.1, 0.15) is 73.4 Å². The standard InChI is InChI=1S/C29H36BrNO/c1-17(2)20-6-9-25-22(14-20)7-10-26-27(25)13-18(3)19(4)28(26)29(32)31-12-11-21-15-24(30)8-5-23(21)16-31/h5,7-8,10,15,17-20,28H,6,9,11-14,16H2,1-4H3. The van der Waals surface area contributed by atoms with Crippen LogP contribution in [0, 0.1) is 23.7 Å². The first-order valence-electron chi connectivity index (χ1n) is 12.5. The largest absolute Gasteiger partial charge is 0.337 e. The molecule has 0 spiro atoms. The highest BCUT2D eigenvalue weighted by Gasteiger charge is 2.40. The van der Waals surface area contributed by atoms with E-state index in [1.54, 1.807) is 11.1 Å². The molecule has 0 saturated carbocycles. The average Bonchev–Trinajstić information content (AvgIpc) is 2.78. The van der Waals surface area contributed by atoms with Gasteiger partial charge in [-0.05, 0) is 101 Å². The van der Waals surface area contributed by atoms with E-state index in [1.807, 2.05) is 0 Å². The Morgan fingerprint density at radius 3 is 2.56 bits per heavy atom. The molecular formula is C29H36BrNO. The molecule has 2 nitrogen and oxygen atoms in total. The number of amides is 1. The fourth-order valence-corrected chi connectivity index (χ4v) is 6.87. The molecule has 0 aromatic heterocycles. The van der Waals surface area contributed by atoms with Crippen molar-refractivity contribution in [3.63, 3.8) is 0 Å². The Morgan fingerprint density at radius 1 is 1.00 bits per heavy atom. The summed E-state index contributed by atoms with van der Waals surface area (Å²) in [5, 5.41) is 0. The second kappa shape index (κ2) is 8.63. The lowest BCUT2D eigenvalue weighted by Crippen LogP contribution is -2.43. The van der Waals surface area contributed by atoms with Crippen molar-refractivity contribution in [2.24, 2.45) is 23.7 Å². The van der Waals surface area contributed by atoms with Crippen LogP contribution in [-0.4, -0.2) is 17.4 Å². The van der Waals surface area contributed by atoms with E-state index >= 15 is 0 Å². The molecule has 3 aliphatic rings. The highest BCUT2D eigenvalue weighted by atomic mass is 79.9. The predicted molar refractivity (Wildman–Crippen MR) is 135 cm³/mol. The molecule has 0 saturated heterocycles. The van der Waals surface area contributed by atoms with Crippen LogP contribution in [0.4, 0.5) is 0 Å². The summed E-state index contributed by atoms with van der Waals surface area (Å²) >= 11 is 3.59. The molecule has 0 N–H and O–H groups in total. The Kier molecular flexibility index (Phi) is 5.99. The van der Waals surface area contributed by atoms with E-state index in [0.29, 0.717) is 17.7 Å². The second-order valence-electron chi connectivity index (χ2n) is 11.0. The van der Waals surface area contributed by atoms with Crippen molar-refractivity contribution in [3.05, 3.63) is 68.2 Å². The minimum atomic E-state index is -0.00105. The SMILES string of the molecule is CC(C)C1CCc2c(ccc3c2CC(C)C(C)C3C(=O)N2CCc3cc(Br)ccc3C2)C1. The zero-order valence-corrected chi connectivity index (χ0v) is 21.5. The molecule has 2 aliphatic carbocycles. The summed E-state index contributed by atoms with van der Waals surface area (Å²) in [6.07, 6.45) is 5.77. The van der Waals surface area contributed by atoms with Crippen LogP contribution in [0.15, 0.2) is 34.8 Å². The number of carbonyl (C=O) groups is 1. The van der Waals surface area contributed by atoms with E-state index in [4.69, 9.17) is 0 Å². The van der Waals surface area contributed by atoms with Gasteiger partial charge in [-0.1, -0.05) is 61.8 Å². The molecule has 1 heterocycles. The third kappa shape index (κ3) is 3.85. The molecule has 2 aromatic carbocycles. The van der Waals surface area contributed by atoms with Gasteiger partial charge in [-0.15, -0.1) is 0 Å². The number of hydrogen-bond acceptors (Lipinski definition) is 1. The summed E-state index contributed by atoms with van der Waals surface area (Å²) < 4.78 is 1.13. The summed E-state index contributed by atoms with van der Waals surface area (Å²) in [5.74, 6) is 2.81. The van der Waals surface area contributed by atoms with Gasteiger partial charge in [-0.2, -0.15) is 0 Å². The lowest BCUT2D eigenvalue weighted by molar-refractivity contribution is -0.135. The van der Waals surface area contributed by atoms with Crippen LogP contribution in [-0.2, 0) is 37.0 Å². The molecule has 1 aliphatic heterocycles. The van der Waals surface area contributed by atoms with Crippen molar-refractivity contribution < 1.29 is 4.79 Å². The van der Waals surface area contributed by atoms with Crippen LogP contribution < -0.4 is 0 Å². The van der Waals surface area contributed by atoms with Gasteiger partial charge in [0.2, 0.25) is 5.91 Å². The van der Waals surface area contributed by atoms with Gasteiger partial charge in [0.05, 0.1) is 5.92 Å². The van der Waals surface area contributed by atoms with Crippen molar-refractivity contribution in [1.29, 1.82) is 0 Å². The summed E-state index contributed by atoms with van der Waals surface area (Å²) in [4.78, 5) is 16.1. The third-order valence-electron chi connectivity index (χ3n) is 8.80. The van der Waals surface area contributed by atoms with E-state index in [1.165, 1.54) is 41.5 Å². The van der Waals surface area contributed by atoms with E-state index in [0.717, 1.165) is 42.2 Å². The molecule has 32 heavy (non-hydrogen) atoms. The van der Waals surface area contributed by atoms with Gasteiger partial charge in [0, 0.05) is 17.6 Å². The monoisotopic (exact) mass is 493 g/mol. The molecule has 170 valence electrons. The average molecular weight is 495 g/mol. The quantitative estimate of drug-likeness (QED) is 0.455. The van der Waals surface area contributed by atoms with Crippen LogP contribution in [0.3, 0.4) is 0 Å². The van der Waals surface area contributed by atoms with Gasteiger partial charge in [-0.25, -0.2) is 0 Å². The van der Waals surface area contributed by atoms with Gasteiger partial charge < -0.3 is 4.90 Å². The lowest BCUT2D eigenvalue weighted by Gasteiger charge is -2.41. The minimum absolute atomic E-state index is 0.00105. The molecule has 3 heteroatoms. The summed E-state index contributed by atoms with van der Waals surface area (Å²) in [6, 6.07) is 11.2. The first kappa shape index (κ1) is 22.2. The van der Waals surface area contributed by atoms with Gasteiger partial charge in [0.15, 0.2) is 0 Å². The van der Waals surface area contributed by atoms with E-state index < -0.39 is 0 Å². The van der Waals surface area contributed by atoms with Gasteiger partial charge in [0.25, 0.3) is 0 Å². The maximum Gasteiger partial charge on any atom is 0.230 e.